The van der Waals surface area contributed by atoms with E-state index in [0.717, 1.165) is 11.3 Å². The Morgan fingerprint density at radius 2 is 1.68 bits per heavy atom. The van der Waals surface area contributed by atoms with Crippen molar-refractivity contribution in [1.29, 1.82) is 0 Å². The van der Waals surface area contributed by atoms with Crippen LogP contribution in [0.4, 0.5) is 10.5 Å². The Morgan fingerprint density at radius 1 is 1.00 bits per heavy atom. The van der Waals surface area contributed by atoms with Crippen LogP contribution in [0.25, 0.3) is 0 Å². The van der Waals surface area contributed by atoms with Gasteiger partial charge in [0, 0.05) is 18.7 Å². The molecule has 1 fully saturated rings. The van der Waals surface area contributed by atoms with Crippen molar-refractivity contribution in [1.82, 2.24) is 5.32 Å². The lowest BCUT2D eigenvalue weighted by atomic mass is 10.2. The number of aryl methyl sites for hydroxylation is 1. The van der Waals surface area contributed by atoms with Gasteiger partial charge in [0.2, 0.25) is 5.91 Å². The van der Waals surface area contributed by atoms with E-state index in [0.29, 0.717) is 13.0 Å². The number of hydrogen-bond acceptors (Lipinski definition) is 2. The third-order valence-corrected chi connectivity index (χ3v) is 2.84. The van der Waals surface area contributed by atoms with Gasteiger partial charge in [-0.2, -0.15) is 0 Å². The first-order valence-electron chi connectivity index (χ1n) is 6.18. The molecule has 1 heterocycles. The quantitative estimate of drug-likeness (QED) is 0.839. The molecule has 1 aliphatic heterocycles. The molecule has 0 aliphatic carbocycles. The lowest BCUT2D eigenvalue weighted by Crippen LogP contribution is -2.49. The van der Waals surface area contributed by atoms with Gasteiger partial charge >= 0.3 is 6.03 Å². The molecule has 0 atom stereocenters. The normalized spacial score (nSPS) is 14.7. The summed E-state index contributed by atoms with van der Waals surface area (Å²) in [6.07, 6.45) is 0.329. The van der Waals surface area contributed by atoms with Gasteiger partial charge in [-0.3, -0.25) is 15.0 Å². The summed E-state index contributed by atoms with van der Waals surface area (Å²) in [5.41, 5.74) is 1.89. The molecule has 3 amide bonds. The first-order valence-corrected chi connectivity index (χ1v) is 6.18. The van der Waals surface area contributed by atoms with Crippen LogP contribution in [0, 0.1) is 6.92 Å². The SMILES string of the molecule is Cc1cccccc(N2CCC(=O)NC2=O)ccc1. The van der Waals surface area contributed by atoms with Crippen LogP contribution in [0.5, 0.6) is 0 Å². The summed E-state index contributed by atoms with van der Waals surface area (Å²) in [6, 6.07) is 14.9. The number of carbonyl (C=O) groups excluding carboxylic acids is 2. The minimum Gasteiger partial charge on any atom is -0.294 e. The summed E-state index contributed by atoms with van der Waals surface area (Å²) in [4.78, 5) is 24.5. The van der Waals surface area contributed by atoms with Gasteiger partial charge < -0.3 is 0 Å². The van der Waals surface area contributed by atoms with Crippen LogP contribution in [0.3, 0.4) is 0 Å². The largest absolute Gasteiger partial charge is 0.328 e. The zero-order valence-corrected chi connectivity index (χ0v) is 10.8. The molecule has 1 aromatic rings. The minimum atomic E-state index is -0.367. The molecule has 2 rings (SSSR count). The standard InChI is InChI=1S/C15H16N2O2/c1-12-6-3-2-4-8-13(9-5-7-12)17-11-10-14(18)16-15(17)19/h2-9H,10-11H2,1H3,(H,16,18,19). The van der Waals surface area contributed by atoms with E-state index < -0.39 is 0 Å². The molecule has 0 spiro atoms. The van der Waals surface area contributed by atoms with E-state index in [1.807, 2.05) is 55.5 Å². The topological polar surface area (TPSA) is 49.4 Å². The first kappa shape index (κ1) is 13.1. The van der Waals surface area contributed by atoms with Crippen molar-refractivity contribution in [2.75, 3.05) is 11.4 Å². The smallest absolute Gasteiger partial charge is 0.294 e. The fourth-order valence-corrected chi connectivity index (χ4v) is 1.83. The predicted molar refractivity (Wildman–Crippen MR) is 74.3 cm³/mol. The van der Waals surface area contributed by atoms with E-state index in [4.69, 9.17) is 0 Å². The molecule has 4 heteroatoms. The summed E-state index contributed by atoms with van der Waals surface area (Å²) in [7, 11) is 0. The molecule has 0 radical (unpaired) electrons. The van der Waals surface area contributed by atoms with E-state index >= 15 is 0 Å². The molecule has 0 saturated carbocycles. The van der Waals surface area contributed by atoms with Crippen LogP contribution in [0.2, 0.25) is 0 Å². The lowest BCUT2D eigenvalue weighted by Gasteiger charge is -2.26. The van der Waals surface area contributed by atoms with Crippen molar-refractivity contribution in [3.63, 3.8) is 0 Å². The second-order valence-corrected chi connectivity index (χ2v) is 4.36. The number of nitrogens with zero attached hydrogens (tertiary/aromatic N) is 1. The fraction of sp³-hybridized carbons (Fsp3) is 0.200. The molecule has 0 aromatic heterocycles. The van der Waals surface area contributed by atoms with E-state index in [-0.39, 0.29) is 11.9 Å². The van der Waals surface area contributed by atoms with Gasteiger partial charge in [-0.05, 0) is 19.1 Å². The molecule has 1 saturated heterocycles. The molecular weight excluding hydrogens is 240 g/mol. The van der Waals surface area contributed by atoms with Crippen molar-refractivity contribution in [2.45, 2.75) is 13.3 Å². The van der Waals surface area contributed by atoms with Gasteiger partial charge in [-0.25, -0.2) is 4.79 Å². The van der Waals surface area contributed by atoms with Gasteiger partial charge in [-0.15, -0.1) is 0 Å². The van der Waals surface area contributed by atoms with E-state index in [1.165, 1.54) is 0 Å². The average molecular weight is 256 g/mol. The Kier molecular flexibility index (Phi) is 4.13. The number of imide groups is 1. The number of carbonyl (C=O) groups is 2. The van der Waals surface area contributed by atoms with E-state index in [9.17, 15) is 9.59 Å². The Hall–Kier alpha value is -2.36. The highest BCUT2D eigenvalue weighted by molar-refractivity contribution is 6.05. The molecule has 1 aromatic carbocycles. The summed E-state index contributed by atoms with van der Waals surface area (Å²) >= 11 is 0. The Bertz CT molecular complexity index is 554. The second-order valence-electron chi connectivity index (χ2n) is 4.36. The van der Waals surface area contributed by atoms with Crippen LogP contribution in [0.15, 0.2) is 48.5 Å². The number of rotatable bonds is 1. The Morgan fingerprint density at radius 3 is 2.47 bits per heavy atom. The summed E-state index contributed by atoms with van der Waals surface area (Å²) in [5.74, 6) is -0.222. The highest BCUT2D eigenvalue weighted by Crippen LogP contribution is 2.14. The molecule has 4 nitrogen and oxygen atoms in total. The van der Waals surface area contributed by atoms with Gasteiger partial charge in [0.25, 0.3) is 0 Å². The highest BCUT2D eigenvalue weighted by Gasteiger charge is 2.23. The van der Waals surface area contributed by atoms with Crippen molar-refractivity contribution in [3.05, 3.63) is 54.1 Å². The molecule has 19 heavy (non-hydrogen) atoms. The molecule has 98 valence electrons. The third-order valence-electron chi connectivity index (χ3n) is 2.84. The number of urea groups is 1. The van der Waals surface area contributed by atoms with Crippen molar-refractivity contribution >= 4 is 17.6 Å². The predicted octanol–water partition coefficient (Wildman–Crippen LogP) is 2.57. The van der Waals surface area contributed by atoms with E-state index in [1.54, 1.807) is 4.90 Å². The Balaban J connectivity index is 2.36. The maximum Gasteiger partial charge on any atom is 0.328 e. The Labute approximate surface area is 112 Å². The fourth-order valence-electron chi connectivity index (χ4n) is 1.83. The minimum absolute atomic E-state index is 0.222. The van der Waals surface area contributed by atoms with E-state index in [2.05, 4.69) is 5.32 Å². The number of nitrogens with one attached hydrogen (secondary N) is 1. The third kappa shape index (κ3) is 3.55. The molecule has 0 bridgehead atoms. The summed E-state index contributed by atoms with van der Waals surface area (Å²) < 4.78 is 0. The van der Waals surface area contributed by atoms with Crippen LogP contribution >= 0.6 is 0 Å². The van der Waals surface area contributed by atoms with Crippen LogP contribution in [0.1, 0.15) is 12.0 Å². The number of anilines is 1. The van der Waals surface area contributed by atoms with Gasteiger partial charge in [0.15, 0.2) is 0 Å². The number of amides is 3. The van der Waals surface area contributed by atoms with Crippen molar-refractivity contribution in [3.8, 4) is 0 Å². The molecule has 1 N–H and O–H groups in total. The lowest BCUT2D eigenvalue weighted by molar-refractivity contribution is -0.120. The van der Waals surface area contributed by atoms with Gasteiger partial charge in [-0.1, -0.05) is 42.0 Å². The highest BCUT2D eigenvalue weighted by atomic mass is 16.2. The zero-order chi connectivity index (χ0) is 13.7. The van der Waals surface area contributed by atoms with Gasteiger partial charge in [0.1, 0.15) is 0 Å². The monoisotopic (exact) mass is 256 g/mol. The van der Waals surface area contributed by atoms with Crippen molar-refractivity contribution in [2.24, 2.45) is 0 Å². The maximum atomic E-state index is 11.8. The number of hydrogen-bond donors (Lipinski definition) is 1. The molecule has 0 unspecified atom stereocenters. The molecular formula is C15H16N2O2. The second kappa shape index (κ2) is 6.00. The van der Waals surface area contributed by atoms with Crippen LogP contribution < -0.4 is 10.2 Å². The first-order chi connectivity index (χ1) is 9.16. The van der Waals surface area contributed by atoms with Gasteiger partial charge in [0.05, 0.1) is 0 Å². The average Bonchev–Trinajstić information content (AvgIpc) is 2.37. The van der Waals surface area contributed by atoms with Crippen molar-refractivity contribution < 1.29 is 9.59 Å². The maximum absolute atomic E-state index is 11.8. The summed E-state index contributed by atoms with van der Waals surface area (Å²) in [6.45, 7) is 2.42. The van der Waals surface area contributed by atoms with Crippen LogP contribution in [-0.4, -0.2) is 18.5 Å². The zero-order valence-electron chi connectivity index (χ0n) is 10.8. The summed E-state index contributed by atoms with van der Waals surface area (Å²) in [5, 5.41) is 2.32. The molecule has 1 aliphatic rings. The van der Waals surface area contributed by atoms with Crippen LogP contribution in [-0.2, 0) is 4.79 Å².